The first-order valence-corrected chi connectivity index (χ1v) is 12.0. The molecule has 4 rings (SSSR count). The average molecular weight is 468 g/mol. The number of ketones is 1. The minimum absolute atomic E-state index is 0.232. The van der Waals surface area contributed by atoms with Crippen molar-refractivity contribution in [3.8, 4) is 5.75 Å². The first kappa shape index (κ1) is 25.4. The van der Waals surface area contributed by atoms with E-state index in [2.05, 4.69) is 29.2 Å². The number of benzene rings is 2. The van der Waals surface area contributed by atoms with Crippen molar-refractivity contribution < 1.29 is 29.3 Å². The predicted molar refractivity (Wildman–Crippen MR) is 128 cm³/mol. The highest BCUT2D eigenvalue weighted by atomic mass is 16.5. The number of carboxylic acid groups (broad SMARTS) is 2. The lowest BCUT2D eigenvalue weighted by atomic mass is 9.96. The van der Waals surface area contributed by atoms with Crippen molar-refractivity contribution in [3.05, 3.63) is 65.2 Å². The van der Waals surface area contributed by atoms with Gasteiger partial charge in [-0.25, -0.2) is 9.59 Å². The first-order valence-electron chi connectivity index (χ1n) is 12.0. The Hall–Kier alpha value is -3.19. The maximum Gasteiger partial charge on any atom is 0.414 e. The Bertz CT molecular complexity index is 930. The Morgan fingerprint density at radius 2 is 1.32 bits per heavy atom. The van der Waals surface area contributed by atoms with E-state index in [1.54, 1.807) is 0 Å². The largest absolute Gasteiger partial charge is 0.489 e. The summed E-state index contributed by atoms with van der Waals surface area (Å²) in [6, 6.07) is 16.4. The van der Waals surface area contributed by atoms with Crippen molar-refractivity contribution in [2.24, 2.45) is 5.92 Å². The summed E-state index contributed by atoms with van der Waals surface area (Å²) < 4.78 is 5.92. The summed E-state index contributed by atoms with van der Waals surface area (Å²) in [5.41, 5.74) is 3.37. The fourth-order valence-electron chi connectivity index (χ4n) is 4.42. The molecule has 0 bridgehead atoms. The average Bonchev–Trinajstić information content (AvgIpc) is 3.40. The number of nitrogens with zero attached hydrogens (tertiary/aromatic N) is 1. The van der Waals surface area contributed by atoms with Crippen LogP contribution < -0.4 is 4.74 Å². The molecule has 2 fully saturated rings. The standard InChI is InChI=1S/C25H31NO2.C2H2O4/c27-25(22-6-2-3-7-22)23-12-14-24(15-13-23)28-19-21-10-8-20(9-11-21)18-26-16-4-1-5-17-26;3-1(4)2(5)6/h8-15,22H,1-7,16-19H2;(H,3,4)(H,5,6). The molecule has 182 valence electrons. The molecule has 1 saturated carbocycles. The van der Waals surface area contributed by atoms with Crippen molar-refractivity contribution >= 4 is 17.7 Å². The number of rotatable bonds is 7. The monoisotopic (exact) mass is 467 g/mol. The number of hydrogen-bond acceptors (Lipinski definition) is 5. The topological polar surface area (TPSA) is 104 Å². The summed E-state index contributed by atoms with van der Waals surface area (Å²) in [5.74, 6) is -2.30. The number of carbonyl (C=O) groups excluding carboxylic acids is 1. The van der Waals surface area contributed by atoms with Crippen molar-refractivity contribution in [2.45, 2.75) is 58.1 Å². The minimum atomic E-state index is -1.82. The van der Waals surface area contributed by atoms with Gasteiger partial charge < -0.3 is 14.9 Å². The van der Waals surface area contributed by atoms with Crippen molar-refractivity contribution in [1.29, 1.82) is 0 Å². The van der Waals surface area contributed by atoms with E-state index in [4.69, 9.17) is 24.5 Å². The van der Waals surface area contributed by atoms with Gasteiger partial charge in [0.05, 0.1) is 0 Å². The van der Waals surface area contributed by atoms with Crippen molar-refractivity contribution in [2.75, 3.05) is 13.1 Å². The molecule has 1 heterocycles. The van der Waals surface area contributed by atoms with Gasteiger partial charge in [-0.2, -0.15) is 0 Å². The molecule has 0 atom stereocenters. The second kappa shape index (κ2) is 12.9. The summed E-state index contributed by atoms with van der Waals surface area (Å²) in [7, 11) is 0. The Balaban J connectivity index is 0.000000481. The van der Waals surface area contributed by atoms with Gasteiger partial charge in [0.1, 0.15) is 12.4 Å². The molecule has 0 amide bonds. The molecule has 0 unspecified atom stereocenters. The highest BCUT2D eigenvalue weighted by Crippen LogP contribution is 2.28. The third kappa shape index (κ3) is 7.99. The molecule has 1 aliphatic carbocycles. The highest BCUT2D eigenvalue weighted by molar-refractivity contribution is 6.27. The molecule has 34 heavy (non-hydrogen) atoms. The Morgan fingerprint density at radius 3 is 1.88 bits per heavy atom. The molecule has 7 heteroatoms. The lowest BCUT2D eigenvalue weighted by Gasteiger charge is -2.26. The zero-order valence-corrected chi connectivity index (χ0v) is 19.4. The Kier molecular flexibility index (Phi) is 9.64. The number of carboxylic acids is 2. The lowest BCUT2D eigenvalue weighted by molar-refractivity contribution is -0.159. The van der Waals surface area contributed by atoms with Gasteiger partial charge in [-0.05, 0) is 74.2 Å². The second-order valence-corrected chi connectivity index (χ2v) is 8.92. The molecule has 2 aromatic carbocycles. The van der Waals surface area contributed by atoms with Crippen LogP contribution in [-0.2, 0) is 22.7 Å². The Labute approximate surface area is 200 Å². The molecule has 0 spiro atoms. The maximum absolute atomic E-state index is 12.5. The molecule has 1 saturated heterocycles. The third-order valence-corrected chi connectivity index (χ3v) is 6.33. The highest BCUT2D eigenvalue weighted by Gasteiger charge is 2.23. The zero-order chi connectivity index (χ0) is 24.3. The van der Waals surface area contributed by atoms with E-state index in [9.17, 15) is 4.79 Å². The van der Waals surface area contributed by atoms with Gasteiger partial charge in [0, 0.05) is 18.0 Å². The fourth-order valence-corrected chi connectivity index (χ4v) is 4.42. The van der Waals surface area contributed by atoms with Crippen LogP contribution >= 0.6 is 0 Å². The van der Waals surface area contributed by atoms with E-state index in [-0.39, 0.29) is 5.92 Å². The number of aliphatic carboxylic acids is 2. The summed E-state index contributed by atoms with van der Waals surface area (Å²) in [6.07, 6.45) is 8.51. The van der Waals surface area contributed by atoms with Crippen LogP contribution in [0.3, 0.4) is 0 Å². The van der Waals surface area contributed by atoms with Crippen molar-refractivity contribution in [1.82, 2.24) is 4.90 Å². The van der Waals surface area contributed by atoms with Crippen LogP contribution in [0.4, 0.5) is 0 Å². The van der Waals surface area contributed by atoms with Gasteiger partial charge in [0.25, 0.3) is 0 Å². The smallest absolute Gasteiger partial charge is 0.414 e. The molecular formula is C27H33NO6. The number of likely N-dealkylation sites (tertiary alicyclic amines) is 1. The number of ether oxygens (including phenoxy) is 1. The molecule has 1 aliphatic heterocycles. The summed E-state index contributed by atoms with van der Waals surface area (Å²) in [4.78, 5) is 33.2. The number of carbonyl (C=O) groups is 3. The van der Waals surface area contributed by atoms with E-state index >= 15 is 0 Å². The van der Waals surface area contributed by atoms with E-state index in [1.807, 2.05) is 24.3 Å². The molecule has 2 aromatic rings. The summed E-state index contributed by atoms with van der Waals surface area (Å²) >= 11 is 0. The van der Waals surface area contributed by atoms with Gasteiger partial charge in [-0.3, -0.25) is 9.69 Å². The molecular weight excluding hydrogens is 434 g/mol. The van der Waals surface area contributed by atoms with Crippen LogP contribution in [0.25, 0.3) is 0 Å². The molecule has 2 aliphatic rings. The van der Waals surface area contributed by atoms with E-state index in [1.165, 1.54) is 56.3 Å². The normalized spacial score (nSPS) is 16.4. The molecule has 7 nitrogen and oxygen atoms in total. The maximum atomic E-state index is 12.5. The van der Waals surface area contributed by atoms with Crippen molar-refractivity contribution in [3.63, 3.8) is 0 Å². The van der Waals surface area contributed by atoms with E-state index in [0.29, 0.717) is 12.4 Å². The minimum Gasteiger partial charge on any atom is -0.489 e. The first-order chi connectivity index (χ1) is 16.4. The fraction of sp³-hybridized carbons (Fsp3) is 0.444. The van der Waals surface area contributed by atoms with Crippen LogP contribution in [0.15, 0.2) is 48.5 Å². The molecule has 0 radical (unpaired) electrons. The predicted octanol–water partition coefficient (Wildman–Crippen LogP) is 4.78. The van der Waals surface area contributed by atoms with Gasteiger partial charge >= 0.3 is 11.9 Å². The van der Waals surface area contributed by atoms with Crippen LogP contribution in [0.5, 0.6) is 5.75 Å². The summed E-state index contributed by atoms with van der Waals surface area (Å²) in [6.45, 7) is 4.06. The summed E-state index contributed by atoms with van der Waals surface area (Å²) in [5, 5.41) is 14.8. The van der Waals surface area contributed by atoms with Gasteiger partial charge in [0.15, 0.2) is 5.78 Å². The van der Waals surface area contributed by atoms with Crippen LogP contribution in [-0.4, -0.2) is 45.9 Å². The van der Waals surface area contributed by atoms with E-state index < -0.39 is 11.9 Å². The van der Waals surface area contributed by atoms with Gasteiger partial charge in [-0.1, -0.05) is 43.5 Å². The lowest BCUT2D eigenvalue weighted by Crippen LogP contribution is -2.29. The van der Waals surface area contributed by atoms with Crippen LogP contribution in [0, 0.1) is 5.92 Å². The second-order valence-electron chi connectivity index (χ2n) is 8.92. The number of piperidine rings is 1. The Morgan fingerprint density at radius 1 is 0.765 bits per heavy atom. The quantitative estimate of drug-likeness (QED) is 0.446. The number of hydrogen-bond donors (Lipinski definition) is 2. The van der Waals surface area contributed by atoms with Gasteiger partial charge in [-0.15, -0.1) is 0 Å². The van der Waals surface area contributed by atoms with Crippen LogP contribution in [0.1, 0.15) is 66.4 Å². The molecule has 2 N–H and O–H groups in total. The number of Topliss-reactive ketones (excluding diaryl/α,β-unsaturated/α-hetero) is 1. The van der Waals surface area contributed by atoms with E-state index in [0.717, 1.165) is 30.7 Å². The molecule has 0 aromatic heterocycles. The SMILES string of the molecule is O=C(O)C(=O)O.O=C(c1ccc(OCc2ccc(CN3CCCCC3)cc2)cc1)C1CCCC1. The zero-order valence-electron chi connectivity index (χ0n) is 19.4. The van der Waals surface area contributed by atoms with Crippen LogP contribution in [0.2, 0.25) is 0 Å². The third-order valence-electron chi connectivity index (χ3n) is 6.33. The van der Waals surface area contributed by atoms with Gasteiger partial charge in [0.2, 0.25) is 0 Å².